The van der Waals surface area contributed by atoms with E-state index in [1.807, 2.05) is 32.3 Å². The highest BCUT2D eigenvalue weighted by atomic mass is 16.5. The third-order valence-electron chi connectivity index (χ3n) is 8.38. The van der Waals surface area contributed by atoms with Crippen LogP contribution in [0.25, 0.3) is 0 Å². The van der Waals surface area contributed by atoms with Gasteiger partial charge >= 0.3 is 0 Å². The van der Waals surface area contributed by atoms with Gasteiger partial charge in [-0.15, -0.1) is 0 Å². The SMILES string of the molecule is COc1ccc(OC)c(CNC2C3CCN(CC3C(=O)N(C)C)C2C(c2ccccc2)c2ccccc2)c1. The molecule has 5 atom stereocenters. The fourth-order valence-electron chi connectivity index (χ4n) is 6.62. The monoisotopic (exact) mass is 513 g/mol. The maximum Gasteiger partial charge on any atom is 0.226 e. The highest BCUT2D eigenvalue weighted by Crippen LogP contribution is 2.45. The number of nitrogens with one attached hydrogen (secondary N) is 1. The van der Waals surface area contributed by atoms with E-state index in [0.717, 1.165) is 36.6 Å². The zero-order chi connectivity index (χ0) is 26.6. The molecule has 6 nitrogen and oxygen atoms in total. The zero-order valence-corrected chi connectivity index (χ0v) is 22.8. The van der Waals surface area contributed by atoms with E-state index in [1.54, 1.807) is 19.1 Å². The highest BCUT2D eigenvalue weighted by molar-refractivity contribution is 5.79. The average Bonchev–Trinajstić information content (AvgIpc) is 2.97. The van der Waals surface area contributed by atoms with Gasteiger partial charge in [-0.2, -0.15) is 0 Å². The minimum Gasteiger partial charge on any atom is -0.497 e. The lowest BCUT2D eigenvalue weighted by molar-refractivity contribution is -0.143. The van der Waals surface area contributed by atoms with E-state index < -0.39 is 0 Å². The predicted molar refractivity (Wildman–Crippen MR) is 151 cm³/mol. The van der Waals surface area contributed by atoms with Crippen LogP contribution < -0.4 is 14.8 Å². The van der Waals surface area contributed by atoms with Gasteiger partial charge in [-0.05, 0) is 48.2 Å². The van der Waals surface area contributed by atoms with E-state index in [2.05, 4.69) is 70.9 Å². The first-order valence-corrected chi connectivity index (χ1v) is 13.5. The van der Waals surface area contributed by atoms with Crippen LogP contribution in [-0.4, -0.2) is 69.2 Å². The molecule has 1 N–H and O–H groups in total. The molecule has 0 aromatic heterocycles. The Labute approximate surface area is 226 Å². The number of methoxy groups -OCH3 is 2. The number of carbonyl (C=O) groups is 1. The van der Waals surface area contributed by atoms with Crippen molar-refractivity contribution < 1.29 is 14.3 Å². The number of carbonyl (C=O) groups excluding carboxylic acids is 1. The Morgan fingerprint density at radius 3 is 2.21 bits per heavy atom. The smallest absolute Gasteiger partial charge is 0.226 e. The molecule has 3 heterocycles. The Morgan fingerprint density at radius 2 is 1.63 bits per heavy atom. The number of hydrogen-bond donors (Lipinski definition) is 1. The summed E-state index contributed by atoms with van der Waals surface area (Å²) in [5.41, 5.74) is 3.66. The van der Waals surface area contributed by atoms with Gasteiger partial charge in [0, 0.05) is 50.7 Å². The van der Waals surface area contributed by atoms with E-state index in [-0.39, 0.29) is 35.7 Å². The van der Waals surface area contributed by atoms with Gasteiger partial charge in [0.1, 0.15) is 11.5 Å². The molecule has 0 spiro atoms. The largest absolute Gasteiger partial charge is 0.497 e. The number of fused-ring (bicyclic) bond motifs is 3. The fourth-order valence-corrected chi connectivity index (χ4v) is 6.62. The molecule has 3 aliphatic rings. The van der Waals surface area contributed by atoms with Crippen molar-refractivity contribution >= 4 is 5.91 Å². The van der Waals surface area contributed by atoms with Gasteiger partial charge in [0.25, 0.3) is 0 Å². The Hall–Kier alpha value is -3.35. The van der Waals surface area contributed by atoms with Gasteiger partial charge in [-0.1, -0.05) is 60.7 Å². The summed E-state index contributed by atoms with van der Waals surface area (Å²) in [7, 11) is 7.13. The average molecular weight is 514 g/mol. The Balaban J connectivity index is 1.55. The van der Waals surface area contributed by atoms with Gasteiger partial charge in [0.2, 0.25) is 5.91 Å². The number of rotatable bonds is 9. The van der Waals surface area contributed by atoms with Crippen molar-refractivity contribution in [2.45, 2.75) is 31.0 Å². The molecule has 3 fully saturated rings. The molecular weight excluding hydrogens is 474 g/mol. The maximum absolute atomic E-state index is 13.3. The Kier molecular flexibility index (Phi) is 8.01. The molecule has 6 rings (SSSR count). The lowest BCUT2D eigenvalue weighted by atomic mass is 9.66. The lowest BCUT2D eigenvalue weighted by Crippen LogP contribution is -2.69. The number of ether oxygens (including phenoxy) is 2. The summed E-state index contributed by atoms with van der Waals surface area (Å²) in [4.78, 5) is 17.7. The molecule has 0 radical (unpaired) electrons. The summed E-state index contributed by atoms with van der Waals surface area (Å²) >= 11 is 0. The van der Waals surface area contributed by atoms with Gasteiger partial charge < -0.3 is 19.7 Å². The predicted octanol–water partition coefficient (Wildman–Crippen LogP) is 4.40. The molecule has 1 amide bonds. The van der Waals surface area contributed by atoms with E-state index >= 15 is 0 Å². The van der Waals surface area contributed by atoms with Crippen molar-refractivity contribution in [3.8, 4) is 11.5 Å². The van der Waals surface area contributed by atoms with Crippen molar-refractivity contribution in [3.05, 3.63) is 95.6 Å². The highest BCUT2D eigenvalue weighted by Gasteiger charge is 2.52. The molecule has 3 aromatic rings. The standard InChI is InChI=1S/C32H39N3O3/c1-34(2)32(36)27-21-35-18-17-26(27)30(33-20-24-19-25(37-3)15-16-28(24)38-4)31(35)29(22-11-7-5-8-12-22)23-13-9-6-10-14-23/h5-16,19,26-27,29-31,33H,17-18,20-21H2,1-4H3. The van der Waals surface area contributed by atoms with Crippen molar-refractivity contribution in [1.29, 1.82) is 0 Å². The maximum atomic E-state index is 13.3. The molecule has 3 aliphatic heterocycles. The van der Waals surface area contributed by atoms with E-state index in [4.69, 9.17) is 9.47 Å². The first-order chi connectivity index (χ1) is 18.5. The first kappa shape index (κ1) is 26.3. The molecule has 0 aliphatic carbocycles. The molecule has 5 unspecified atom stereocenters. The third-order valence-corrected chi connectivity index (χ3v) is 8.38. The van der Waals surface area contributed by atoms with E-state index in [9.17, 15) is 4.79 Å². The van der Waals surface area contributed by atoms with Crippen LogP contribution in [-0.2, 0) is 11.3 Å². The minimum atomic E-state index is -0.0214. The summed E-state index contributed by atoms with van der Waals surface area (Å²) in [6, 6.07) is 27.9. The second-order valence-corrected chi connectivity index (χ2v) is 10.7. The first-order valence-electron chi connectivity index (χ1n) is 13.5. The summed E-state index contributed by atoms with van der Waals surface area (Å²) in [6.45, 7) is 2.43. The molecule has 2 bridgehead atoms. The number of benzene rings is 3. The van der Waals surface area contributed by atoms with Crippen LogP contribution in [0.5, 0.6) is 11.5 Å². The normalized spacial score (nSPS) is 24.3. The van der Waals surface area contributed by atoms with Crippen LogP contribution in [0.1, 0.15) is 29.0 Å². The summed E-state index contributed by atoms with van der Waals surface area (Å²) in [5, 5.41) is 3.94. The number of nitrogens with zero attached hydrogens (tertiary/aromatic N) is 2. The summed E-state index contributed by atoms with van der Waals surface area (Å²) in [5.74, 6) is 2.26. The van der Waals surface area contributed by atoms with Gasteiger partial charge in [-0.3, -0.25) is 9.69 Å². The van der Waals surface area contributed by atoms with Crippen LogP contribution in [0.15, 0.2) is 78.9 Å². The third kappa shape index (κ3) is 5.16. The van der Waals surface area contributed by atoms with Gasteiger partial charge in [0.15, 0.2) is 0 Å². The second kappa shape index (κ2) is 11.6. The molecule has 3 aromatic carbocycles. The van der Waals surface area contributed by atoms with E-state index in [1.165, 1.54) is 11.1 Å². The van der Waals surface area contributed by atoms with Crippen LogP contribution in [0.3, 0.4) is 0 Å². The van der Waals surface area contributed by atoms with Crippen LogP contribution in [0.2, 0.25) is 0 Å². The second-order valence-electron chi connectivity index (χ2n) is 10.7. The number of amides is 1. The fraction of sp³-hybridized carbons (Fsp3) is 0.406. The number of piperidine rings is 3. The summed E-state index contributed by atoms with van der Waals surface area (Å²) in [6.07, 6.45) is 1.00. The molecular formula is C32H39N3O3. The molecule has 38 heavy (non-hydrogen) atoms. The van der Waals surface area contributed by atoms with Crippen LogP contribution in [0.4, 0.5) is 0 Å². The quantitative estimate of drug-likeness (QED) is 0.460. The lowest BCUT2D eigenvalue weighted by Gasteiger charge is -2.57. The Bertz CT molecular complexity index is 1180. The van der Waals surface area contributed by atoms with Crippen LogP contribution in [0, 0.1) is 11.8 Å². The van der Waals surface area contributed by atoms with Crippen molar-refractivity contribution in [2.24, 2.45) is 11.8 Å². The van der Waals surface area contributed by atoms with Crippen molar-refractivity contribution in [3.63, 3.8) is 0 Å². The van der Waals surface area contributed by atoms with Gasteiger partial charge in [0.05, 0.1) is 20.1 Å². The van der Waals surface area contributed by atoms with Crippen molar-refractivity contribution in [1.82, 2.24) is 15.1 Å². The van der Waals surface area contributed by atoms with Crippen molar-refractivity contribution in [2.75, 3.05) is 41.4 Å². The molecule has 200 valence electrons. The summed E-state index contributed by atoms with van der Waals surface area (Å²) < 4.78 is 11.2. The molecule has 6 heteroatoms. The van der Waals surface area contributed by atoms with Crippen LogP contribution >= 0.6 is 0 Å². The molecule has 3 saturated heterocycles. The zero-order valence-electron chi connectivity index (χ0n) is 22.8. The Morgan fingerprint density at radius 1 is 0.974 bits per heavy atom. The minimum absolute atomic E-state index is 0.0214. The van der Waals surface area contributed by atoms with Gasteiger partial charge in [-0.25, -0.2) is 0 Å². The van der Waals surface area contributed by atoms with E-state index in [0.29, 0.717) is 6.54 Å². The topological polar surface area (TPSA) is 54.0 Å². The molecule has 0 saturated carbocycles. The number of hydrogen-bond acceptors (Lipinski definition) is 5.